The standard InChI is InChI=1S/C15H22N2O2S2/c1-2-15(8-3-9-15)11-17-21(18,19)13-6-4-12(5-7-13)10-14(16)20/h4-7,17H,2-3,8-11H2,1H3,(H2,16,20). The molecule has 1 aromatic carbocycles. The zero-order valence-electron chi connectivity index (χ0n) is 12.3. The third kappa shape index (κ3) is 4.02. The van der Waals surface area contributed by atoms with Crippen molar-refractivity contribution in [3.05, 3.63) is 29.8 Å². The van der Waals surface area contributed by atoms with Crippen LogP contribution < -0.4 is 10.5 Å². The minimum atomic E-state index is -3.44. The Hall–Kier alpha value is -0.980. The largest absolute Gasteiger partial charge is 0.393 e. The van der Waals surface area contributed by atoms with E-state index in [9.17, 15) is 8.42 Å². The molecule has 1 aliphatic carbocycles. The zero-order valence-corrected chi connectivity index (χ0v) is 13.9. The first-order valence-corrected chi connectivity index (χ1v) is 9.13. The van der Waals surface area contributed by atoms with Gasteiger partial charge in [-0.25, -0.2) is 13.1 Å². The van der Waals surface area contributed by atoms with Gasteiger partial charge < -0.3 is 5.73 Å². The molecule has 6 heteroatoms. The van der Waals surface area contributed by atoms with Crippen LogP contribution >= 0.6 is 12.2 Å². The third-order valence-electron chi connectivity index (χ3n) is 4.41. The molecule has 116 valence electrons. The fraction of sp³-hybridized carbons (Fsp3) is 0.533. The summed E-state index contributed by atoms with van der Waals surface area (Å²) >= 11 is 4.85. The molecular weight excluding hydrogens is 304 g/mol. The molecular formula is C15H22N2O2S2. The normalized spacial score (nSPS) is 17.2. The van der Waals surface area contributed by atoms with Crippen LogP contribution in [0.15, 0.2) is 29.2 Å². The fourth-order valence-electron chi connectivity index (χ4n) is 2.65. The van der Waals surface area contributed by atoms with Crippen LogP contribution in [0.25, 0.3) is 0 Å². The van der Waals surface area contributed by atoms with E-state index in [1.807, 2.05) is 0 Å². The Morgan fingerprint density at radius 2 is 1.95 bits per heavy atom. The van der Waals surface area contributed by atoms with Crippen molar-refractivity contribution in [3.63, 3.8) is 0 Å². The van der Waals surface area contributed by atoms with Crippen LogP contribution in [-0.4, -0.2) is 20.0 Å². The summed E-state index contributed by atoms with van der Waals surface area (Å²) < 4.78 is 27.4. The van der Waals surface area contributed by atoms with Crippen LogP contribution in [0.2, 0.25) is 0 Å². The Morgan fingerprint density at radius 1 is 1.33 bits per heavy atom. The summed E-state index contributed by atoms with van der Waals surface area (Å²) in [5, 5.41) is 0. The molecule has 0 aliphatic heterocycles. The highest BCUT2D eigenvalue weighted by atomic mass is 32.2. The van der Waals surface area contributed by atoms with Gasteiger partial charge in [-0.3, -0.25) is 0 Å². The van der Waals surface area contributed by atoms with E-state index in [1.54, 1.807) is 24.3 Å². The van der Waals surface area contributed by atoms with E-state index >= 15 is 0 Å². The monoisotopic (exact) mass is 326 g/mol. The first-order chi connectivity index (χ1) is 9.87. The molecule has 3 N–H and O–H groups in total. The van der Waals surface area contributed by atoms with E-state index in [0.29, 0.717) is 22.8 Å². The number of hydrogen-bond donors (Lipinski definition) is 2. The molecule has 1 saturated carbocycles. The molecule has 2 rings (SSSR count). The Kier molecular flexibility index (Phi) is 5.01. The van der Waals surface area contributed by atoms with Crippen LogP contribution in [0.1, 0.15) is 38.2 Å². The van der Waals surface area contributed by atoms with Crippen molar-refractivity contribution in [2.45, 2.75) is 43.9 Å². The SMILES string of the molecule is CCC1(CNS(=O)(=O)c2ccc(CC(N)=S)cc2)CCC1. The van der Waals surface area contributed by atoms with E-state index in [2.05, 4.69) is 11.6 Å². The van der Waals surface area contributed by atoms with E-state index in [0.717, 1.165) is 24.8 Å². The second-order valence-corrected chi connectivity index (χ2v) is 8.11. The Balaban J connectivity index is 2.03. The molecule has 0 radical (unpaired) electrons. The van der Waals surface area contributed by atoms with Gasteiger partial charge in [0.1, 0.15) is 0 Å². The predicted octanol–water partition coefficient (Wildman–Crippen LogP) is 2.37. The summed E-state index contributed by atoms with van der Waals surface area (Å²) in [6.45, 7) is 2.65. The number of sulfonamides is 1. The summed E-state index contributed by atoms with van der Waals surface area (Å²) in [5.41, 5.74) is 6.57. The van der Waals surface area contributed by atoms with Crippen molar-refractivity contribution in [3.8, 4) is 0 Å². The van der Waals surface area contributed by atoms with Gasteiger partial charge in [0, 0.05) is 13.0 Å². The number of rotatable bonds is 7. The first-order valence-electron chi connectivity index (χ1n) is 7.24. The maximum absolute atomic E-state index is 12.3. The number of benzene rings is 1. The van der Waals surface area contributed by atoms with Crippen LogP contribution in [0.4, 0.5) is 0 Å². The average molecular weight is 326 g/mol. The van der Waals surface area contributed by atoms with Gasteiger partial charge in [0.15, 0.2) is 0 Å². The minimum Gasteiger partial charge on any atom is -0.393 e. The number of hydrogen-bond acceptors (Lipinski definition) is 3. The molecule has 0 spiro atoms. The van der Waals surface area contributed by atoms with Crippen LogP contribution in [0.3, 0.4) is 0 Å². The topological polar surface area (TPSA) is 72.2 Å². The molecule has 0 atom stereocenters. The van der Waals surface area contributed by atoms with E-state index < -0.39 is 10.0 Å². The summed E-state index contributed by atoms with van der Waals surface area (Å²) in [5.74, 6) is 0. The van der Waals surface area contributed by atoms with Gasteiger partial charge in [-0.15, -0.1) is 0 Å². The Bertz CT molecular complexity index is 600. The smallest absolute Gasteiger partial charge is 0.240 e. The maximum Gasteiger partial charge on any atom is 0.240 e. The molecule has 0 unspecified atom stereocenters. The van der Waals surface area contributed by atoms with E-state index in [-0.39, 0.29) is 5.41 Å². The van der Waals surface area contributed by atoms with Gasteiger partial charge in [-0.2, -0.15) is 0 Å². The van der Waals surface area contributed by atoms with Gasteiger partial charge in [0.2, 0.25) is 10.0 Å². The van der Waals surface area contributed by atoms with Gasteiger partial charge >= 0.3 is 0 Å². The lowest BCUT2D eigenvalue weighted by molar-refractivity contribution is 0.133. The molecule has 4 nitrogen and oxygen atoms in total. The molecule has 0 bridgehead atoms. The van der Waals surface area contributed by atoms with Crippen LogP contribution in [-0.2, 0) is 16.4 Å². The first kappa shape index (κ1) is 16.4. The van der Waals surface area contributed by atoms with Crippen molar-refractivity contribution in [1.82, 2.24) is 4.72 Å². The van der Waals surface area contributed by atoms with Gasteiger partial charge in [0.05, 0.1) is 9.88 Å². The van der Waals surface area contributed by atoms with E-state index in [1.165, 1.54) is 6.42 Å². The summed E-state index contributed by atoms with van der Waals surface area (Å²) in [6, 6.07) is 6.73. The molecule has 0 aromatic heterocycles. The fourth-order valence-corrected chi connectivity index (χ4v) is 3.98. The minimum absolute atomic E-state index is 0.165. The van der Waals surface area contributed by atoms with Crippen molar-refractivity contribution in [1.29, 1.82) is 0 Å². The highest BCUT2D eigenvalue weighted by molar-refractivity contribution is 7.89. The van der Waals surface area contributed by atoms with Crippen molar-refractivity contribution >= 4 is 27.2 Å². The zero-order chi connectivity index (χ0) is 15.5. The summed E-state index contributed by atoms with van der Waals surface area (Å²) in [4.78, 5) is 0.693. The van der Waals surface area contributed by atoms with Crippen molar-refractivity contribution < 1.29 is 8.42 Å². The molecule has 0 saturated heterocycles. The predicted molar refractivity (Wildman–Crippen MR) is 88.7 cm³/mol. The second-order valence-electron chi connectivity index (χ2n) is 5.82. The molecule has 0 heterocycles. The maximum atomic E-state index is 12.3. The molecule has 1 fully saturated rings. The lowest BCUT2D eigenvalue weighted by Gasteiger charge is -2.41. The quantitative estimate of drug-likeness (QED) is 0.755. The van der Waals surface area contributed by atoms with E-state index in [4.69, 9.17) is 18.0 Å². The van der Waals surface area contributed by atoms with Crippen LogP contribution in [0.5, 0.6) is 0 Å². The Labute approximate surface area is 132 Å². The molecule has 1 aromatic rings. The molecule has 1 aliphatic rings. The number of thiocarbonyl (C=S) groups is 1. The summed E-state index contributed by atoms with van der Waals surface area (Å²) in [6.07, 6.45) is 4.92. The third-order valence-corrected chi connectivity index (χ3v) is 5.97. The summed E-state index contributed by atoms with van der Waals surface area (Å²) in [7, 11) is -3.44. The van der Waals surface area contributed by atoms with Gasteiger partial charge in [0.25, 0.3) is 0 Å². The van der Waals surface area contributed by atoms with Crippen molar-refractivity contribution in [2.75, 3.05) is 6.54 Å². The number of nitrogens with one attached hydrogen (secondary N) is 1. The highest BCUT2D eigenvalue weighted by Gasteiger charge is 2.36. The number of nitrogens with two attached hydrogens (primary N) is 1. The Morgan fingerprint density at radius 3 is 2.38 bits per heavy atom. The molecule has 21 heavy (non-hydrogen) atoms. The van der Waals surface area contributed by atoms with Crippen LogP contribution in [0, 0.1) is 5.41 Å². The molecule has 0 amide bonds. The second kappa shape index (κ2) is 6.42. The highest BCUT2D eigenvalue weighted by Crippen LogP contribution is 2.43. The van der Waals surface area contributed by atoms with Gasteiger partial charge in [-0.1, -0.05) is 37.7 Å². The average Bonchev–Trinajstić information content (AvgIpc) is 2.38. The van der Waals surface area contributed by atoms with Crippen molar-refractivity contribution in [2.24, 2.45) is 11.1 Å². The lowest BCUT2D eigenvalue weighted by Crippen LogP contribution is -2.41. The van der Waals surface area contributed by atoms with Gasteiger partial charge in [-0.05, 0) is 42.4 Å². The lowest BCUT2D eigenvalue weighted by atomic mass is 9.67.